The number of imidazole rings is 1. The minimum atomic E-state index is -0.380. The van der Waals surface area contributed by atoms with Gasteiger partial charge in [-0.25, -0.2) is 4.79 Å². The molecule has 0 spiro atoms. The first kappa shape index (κ1) is 20.2. The molecule has 0 saturated heterocycles. The number of ether oxygens (including phenoxy) is 1. The molecule has 0 amide bonds. The molecule has 2 aromatic rings. The van der Waals surface area contributed by atoms with E-state index >= 15 is 0 Å². The maximum Gasteiger partial charge on any atom is 0.332 e. The van der Waals surface area contributed by atoms with Crippen molar-refractivity contribution in [3.63, 3.8) is 0 Å². The van der Waals surface area contributed by atoms with Crippen molar-refractivity contribution < 1.29 is 4.74 Å². The van der Waals surface area contributed by atoms with Crippen LogP contribution in [0.25, 0.3) is 11.2 Å². The number of nitrogens with one attached hydrogen (secondary N) is 1. The molecule has 0 radical (unpaired) electrons. The highest BCUT2D eigenvalue weighted by Gasteiger charge is 2.16. The predicted molar refractivity (Wildman–Crippen MR) is 104 cm³/mol. The maximum atomic E-state index is 12.3. The molecule has 2 rings (SSSR count). The molecular formula is C18H31N5O3. The summed E-state index contributed by atoms with van der Waals surface area (Å²) in [6, 6.07) is 0. The van der Waals surface area contributed by atoms with Gasteiger partial charge in [0.1, 0.15) is 0 Å². The summed E-state index contributed by atoms with van der Waals surface area (Å²) in [5.41, 5.74) is 0.0705. The standard InChI is InChI=1S/C18H31N5O3/c1-5-6-7-8-9-10-12-26-13-11-19-17-20-15-14(21(17)2)16(24)23(4)18(25)22(15)3/h5-13H2,1-4H3,(H,19,20). The number of anilines is 1. The van der Waals surface area contributed by atoms with Gasteiger partial charge in [-0.15, -0.1) is 0 Å². The number of rotatable bonds is 11. The van der Waals surface area contributed by atoms with Crippen LogP contribution in [0.4, 0.5) is 5.95 Å². The van der Waals surface area contributed by atoms with Gasteiger partial charge < -0.3 is 14.6 Å². The van der Waals surface area contributed by atoms with Crippen LogP contribution < -0.4 is 16.6 Å². The Bertz CT molecular complexity index is 834. The maximum absolute atomic E-state index is 12.3. The van der Waals surface area contributed by atoms with Crippen molar-refractivity contribution >= 4 is 17.1 Å². The van der Waals surface area contributed by atoms with Crippen molar-refractivity contribution in [3.8, 4) is 0 Å². The molecule has 0 bridgehead atoms. The lowest BCUT2D eigenvalue weighted by Crippen LogP contribution is -2.37. The van der Waals surface area contributed by atoms with Crippen LogP contribution >= 0.6 is 0 Å². The number of fused-ring (bicyclic) bond motifs is 1. The highest BCUT2D eigenvalue weighted by molar-refractivity contribution is 5.74. The van der Waals surface area contributed by atoms with E-state index in [9.17, 15) is 9.59 Å². The molecule has 2 aromatic heterocycles. The third-order valence-electron chi connectivity index (χ3n) is 4.65. The van der Waals surface area contributed by atoms with Crippen molar-refractivity contribution in [2.45, 2.75) is 45.4 Å². The van der Waals surface area contributed by atoms with Crippen molar-refractivity contribution in [1.82, 2.24) is 18.7 Å². The first-order valence-corrected chi connectivity index (χ1v) is 9.43. The van der Waals surface area contributed by atoms with Crippen molar-refractivity contribution in [1.29, 1.82) is 0 Å². The quantitative estimate of drug-likeness (QED) is 0.614. The number of hydrogen-bond donors (Lipinski definition) is 1. The van der Waals surface area contributed by atoms with E-state index in [1.54, 1.807) is 18.7 Å². The Morgan fingerprint density at radius 1 is 0.923 bits per heavy atom. The molecule has 0 aliphatic heterocycles. The summed E-state index contributed by atoms with van der Waals surface area (Å²) in [6.07, 6.45) is 7.49. The Morgan fingerprint density at radius 3 is 2.35 bits per heavy atom. The van der Waals surface area contributed by atoms with Gasteiger partial charge in [-0.05, 0) is 6.42 Å². The first-order chi connectivity index (χ1) is 12.5. The molecular weight excluding hydrogens is 334 g/mol. The number of nitrogens with zero attached hydrogens (tertiary/aromatic N) is 4. The number of aromatic nitrogens is 4. The molecule has 0 aliphatic carbocycles. The van der Waals surface area contributed by atoms with Gasteiger partial charge in [0.15, 0.2) is 11.2 Å². The van der Waals surface area contributed by atoms with E-state index in [0.29, 0.717) is 30.3 Å². The molecule has 146 valence electrons. The Labute approximate surface area is 153 Å². The molecule has 0 fully saturated rings. The molecule has 8 heteroatoms. The smallest absolute Gasteiger partial charge is 0.332 e. The van der Waals surface area contributed by atoms with Crippen LogP contribution in [0.5, 0.6) is 0 Å². The largest absolute Gasteiger partial charge is 0.380 e. The van der Waals surface area contributed by atoms with Gasteiger partial charge in [0.05, 0.1) is 6.61 Å². The second-order valence-corrected chi connectivity index (χ2v) is 6.68. The van der Waals surface area contributed by atoms with Gasteiger partial charge in [0.2, 0.25) is 5.95 Å². The predicted octanol–water partition coefficient (Wildman–Crippen LogP) is 1.76. The molecule has 0 aliphatic rings. The molecule has 0 atom stereocenters. The lowest BCUT2D eigenvalue weighted by molar-refractivity contribution is 0.139. The van der Waals surface area contributed by atoms with E-state index in [1.807, 2.05) is 0 Å². The average Bonchev–Trinajstić information content (AvgIpc) is 2.96. The number of hydrogen-bond acceptors (Lipinski definition) is 5. The first-order valence-electron chi connectivity index (χ1n) is 9.43. The van der Waals surface area contributed by atoms with E-state index in [4.69, 9.17) is 4.74 Å². The second-order valence-electron chi connectivity index (χ2n) is 6.68. The Balaban J connectivity index is 1.84. The van der Waals surface area contributed by atoms with Crippen molar-refractivity contribution in [2.75, 3.05) is 25.1 Å². The molecule has 26 heavy (non-hydrogen) atoms. The normalized spacial score (nSPS) is 11.4. The second kappa shape index (κ2) is 9.56. The topological polar surface area (TPSA) is 83.1 Å². The van der Waals surface area contributed by atoms with Crippen molar-refractivity contribution in [3.05, 3.63) is 20.8 Å². The molecule has 0 aromatic carbocycles. The third-order valence-corrected chi connectivity index (χ3v) is 4.65. The highest BCUT2D eigenvalue weighted by atomic mass is 16.5. The Kier molecular flexibility index (Phi) is 7.44. The lowest BCUT2D eigenvalue weighted by atomic mass is 10.1. The minimum Gasteiger partial charge on any atom is -0.380 e. The average molecular weight is 365 g/mol. The van der Waals surface area contributed by atoms with Crippen LogP contribution in [0.2, 0.25) is 0 Å². The molecule has 0 unspecified atom stereocenters. The van der Waals surface area contributed by atoms with E-state index in [-0.39, 0.29) is 11.2 Å². The van der Waals surface area contributed by atoms with Gasteiger partial charge in [0, 0.05) is 34.3 Å². The Morgan fingerprint density at radius 2 is 1.62 bits per heavy atom. The molecule has 2 heterocycles. The fourth-order valence-electron chi connectivity index (χ4n) is 3.00. The third kappa shape index (κ3) is 4.55. The zero-order valence-electron chi connectivity index (χ0n) is 16.4. The summed E-state index contributed by atoms with van der Waals surface area (Å²) < 4.78 is 9.81. The summed E-state index contributed by atoms with van der Waals surface area (Å²) in [6.45, 7) is 4.17. The van der Waals surface area contributed by atoms with Crippen LogP contribution in [-0.4, -0.2) is 38.4 Å². The van der Waals surface area contributed by atoms with Crippen LogP contribution in [0.15, 0.2) is 9.59 Å². The van der Waals surface area contributed by atoms with Crippen LogP contribution in [-0.2, 0) is 25.9 Å². The monoisotopic (exact) mass is 365 g/mol. The lowest BCUT2D eigenvalue weighted by Gasteiger charge is -2.07. The summed E-state index contributed by atoms with van der Waals surface area (Å²) in [7, 11) is 4.85. The van der Waals surface area contributed by atoms with Gasteiger partial charge in [-0.3, -0.25) is 13.9 Å². The SMILES string of the molecule is CCCCCCCCOCCNc1nc2c(c(=O)n(C)c(=O)n2C)n1C. The fourth-order valence-corrected chi connectivity index (χ4v) is 3.00. The summed E-state index contributed by atoms with van der Waals surface area (Å²) in [4.78, 5) is 28.7. The van der Waals surface area contributed by atoms with E-state index in [1.165, 1.54) is 43.7 Å². The molecule has 1 N–H and O–H groups in total. The van der Waals surface area contributed by atoms with Gasteiger partial charge >= 0.3 is 5.69 Å². The number of aryl methyl sites for hydroxylation is 2. The zero-order chi connectivity index (χ0) is 19.1. The van der Waals surface area contributed by atoms with E-state index in [0.717, 1.165) is 17.6 Å². The zero-order valence-corrected chi connectivity index (χ0v) is 16.4. The van der Waals surface area contributed by atoms with E-state index in [2.05, 4.69) is 17.2 Å². The van der Waals surface area contributed by atoms with Crippen LogP contribution in [0.1, 0.15) is 45.4 Å². The van der Waals surface area contributed by atoms with Crippen LogP contribution in [0.3, 0.4) is 0 Å². The van der Waals surface area contributed by atoms with E-state index < -0.39 is 0 Å². The summed E-state index contributed by atoms with van der Waals surface area (Å²) >= 11 is 0. The van der Waals surface area contributed by atoms with Gasteiger partial charge in [-0.2, -0.15) is 4.98 Å². The highest BCUT2D eigenvalue weighted by Crippen LogP contribution is 2.12. The Hall–Kier alpha value is -2.09. The van der Waals surface area contributed by atoms with Gasteiger partial charge in [0.25, 0.3) is 5.56 Å². The number of unbranched alkanes of at least 4 members (excludes halogenated alkanes) is 5. The molecule has 8 nitrogen and oxygen atoms in total. The van der Waals surface area contributed by atoms with Crippen molar-refractivity contribution in [2.24, 2.45) is 21.1 Å². The summed E-state index contributed by atoms with van der Waals surface area (Å²) in [5.74, 6) is 0.557. The molecule has 0 saturated carbocycles. The van der Waals surface area contributed by atoms with Crippen LogP contribution in [0, 0.1) is 0 Å². The van der Waals surface area contributed by atoms with Gasteiger partial charge in [-0.1, -0.05) is 39.0 Å². The minimum absolute atomic E-state index is 0.342. The fraction of sp³-hybridized carbons (Fsp3) is 0.722. The summed E-state index contributed by atoms with van der Waals surface area (Å²) in [5, 5.41) is 3.18.